The molecule has 0 saturated carbocycles. The van der Waals surface area contributed by atoms with Gasteiger partial charge in [0.1, 0.15) is 12.4 Å². The van der Waals surface area contributed by atoms with E-state index in [0.29, 0.717) is 16.9 Å². The first-order valence-corrected chi connectivity index (χ1v) is 7.65. The fourth-order valence-electron chi connectivity index (χ4n) is 2.78. The number of benzene rings is 2. The lowest BCUT2D eigenvalue weighted by Gasteiger charge is -2.10. The second kappa shape index (κ2) is 6.32. The van der Waals surface area contributed by atoms with Gasteiger partial charge in [-0.05, 0) is 38.1 Å². The standard InChI is InChI=1S/C19H20FNO2/c1-13(2)21-11-14(19-15(20)7-6-8-16(19)21)12-23-18-10-5-4-9-17(18)22-3/h4-11,13H,12H2,1-3H3. The van der Waals surface area contributed by atoms with E-state index in [9.17, 15) is 4.39 Å². The van der Waals surface area contributed by atoms with Crippen molar-refractivity contribution in [2.45, 2.75) is 26.5 Å². The van der Waals surface area contributed by atoms with Gasteiger partial charge in [-0.3, -0.25) is 0 Å². The molecule has 1 heterocycles. The Hall–Kier alpha value is -2.49. The number of nitrogens with zero attached hydrogens (tertiary/aromatic N) is 1. The lowest BCUT2D eigenvalue weighted by molar-refractivity contribution is 0.285. The lowest BCUT2D eigenvalue weighted by Crippen LogP contribution is -1.99. The van der Waals surface area contributed by atoms with Gasteiger partial charge in [0.15, 0.2) is 11.5 Å². The number of aromatic nitrogens is 1. The van der Waals surface area contributed by atoms with Crippen LogP contribution in [-0.4, -0.2) is 11.7 Å². The quantitative estimate of drug-likeness (QED) is 0.665. The van der Waals surface area contributed by atoms with E-state index in [1.165, 1.54) is 6.07 Å². The Morgan fingerprint density at radius 2 is 1.78 bits per heavy atom. The van der Waals surface area contributed by atoms with Gasteiger partial charge in [-0.2, -0.15) is 0 Å². The predicted molar refractivity (Wildman–Crippen MR) is 89.6 cm³/mol. The molecule has 2 aromatic carbocycles. The monoisotopic (exact) mass is 313 g/mol. The zero-order valence-electron chi connectivity index (χ0n) is 13.5. The van der Waals surface area contributed by atoms with Crippen LogP contribution in [0.4, 0.5) is 4.39 Å². The molecule has 0 spiro atoms. The fraction of sp³-hybridized carbons (Fsp3) is 0.263. The first kappa shape index (κ1) is 15.4. The minimum absolute atomic E-state index is 0.222. The molecule has 0 aliphatic heterocycles. The van der Waals surface area contributed by atoms with E-state index in [0.717, 1.165) is 11.1 Å². The van der Waals surface area contributed by atoms with Crippen LogP contribution >= 0.6 is 0 Å². The molecule has 1 aromatic heterocycles. The molecule has 23 heavy (non-hydrogen) atoms. The molecule has 120 valence electrons. The van der Waals surface area contributed by atoms with Gasteiger partial charge < -0.3 is 14.0 Å². The van der Waals surface area contributed by atoms with Crippen LogP contribution in [-0.2, 0) is 6.61 Å². The Bertz CT molecular complexity index is 823. The third-order valence-electron chi connectivity index (χ3n) is 3.89. The van der Waals surface area contributed by atoms with Crippen molar-refractivity contribution in [1.82, 2.24) is 4.57 Å². The molecule has 3 nitrogen and oxygen atoms in total. The lowest BCUT2D eigenvalue weighted by atomic mass is 10.2. The van der Waals surface area contributed by atoms with E-state index in [4.69, 9.17) is 9.47 Å². The molecule has 3 rings (SSSR count). The number of hydrogen-bond donors (Lipinski definition) is 0. The van der Waals surface area contributed by atoms with E-state index in [-0.39, 0.29) is 18.5 Å². The van der Waals surface area contributed by atoms with Crippen molar-refractivity contribution in [3.05, 3.63) is 60.0 Å². The average Bonchev–Trinajstić information content (AvgIpc) is 2.93. The Kier molecular flexibility index (Phi) is 4.24. The van der Waals surface area contributed by atoms with Crippen molar-refractivity contribution in [1.29, 1.82) is 0 Å². The van der Waals surface area contributed by atoms with Crippen LogP contribution in [0.3, 0.4) is 0 Å². The van der Waals surface area contributed by atoms with Gasteiger partial charge in [0.2, 0.25) is 0 Å². The Labute approximate surface area is 135 Å². The van der Waals surface area contributed by atoms with Crippen LogP contribution in [0.5, 0.6) is 11.5 Å². The first-order valence-electron chi connectivity index (χ1n) is 7.65. The number of ether oxygens (including phenoxy) is 2. The van der Waals surface area contributed by atoms with Gasteiger partial charge in [-0.15, -0.1) is 0 Å². The molecule has 0 amide bonds. The number of rotatable bonds is 5. The summed E-state index contributed by atoms with van der Waals surface area (Å²) in [7, 11) is 1.60. The Balaban J connectivity index is 1.97. The fourth-order valence-corrected chi connectivity index (χ4v) is 2.78. The average molecular weight is 313 g/mol. The van der Waals surface area contributed by atoms with Crippen molar-refractivity contribution in [2.75, 3.05) is 7.11 Å². The summed E-state index contributed by atoms with van der Waals surface area (Å²) in [5.74, 6) is 1.10. The molecule has 0 radical (unpaired) electrons. The molecule has 0 saturated heterocycles. The zero-order chi connectivity index (χ0) is 16.4. The van der Waals surface area contributed by atoms with Crippen LogP contribution < -0.4 is 9.47 Å². The number of para-hydroxylation sites is 2. The highest BCUT2D eigenvalue weighted by Gasteiger charge is 2.15. The molecule has 3 aromatic rings. The van der Waals surface area contributed by atoms with Crippen LogP contribution in [0, 0.1) is 5.82 Å². The summed E-state index contributed by atoms with van der Waals surface area (Å²) in [6.45, 7) is 4.45. The largest absolute Gasteiger partial charge is 0.493 e. The highest BCUT2D eigenvalue weighted by molar-refractivity contribution is 5.84. The minimum atomic E-state index is -0.222. The summed E-state index contributed by atoms with van der Waals surface area (Å²) in [5, 5.41) is 0.621. The maximum absolute atomic E-state index is 14.3. The van der Waals surface area contributed by atoms with E-state index in [1.807, 2.05) is 36.5 Å². The van der Waals surface area contributed by atoms with Gasteiger partial charge in [0.05, 0.1) is 12.6 Å². The molecule has 0 atom stereocenters. The number of hydrogen-bond acceptors (Lipinski definition) is 2. The SMILES string of the molecule is COc1ccccc1OCc1cn(C(C)C)c2cccc(F)c12. The van der Waals surface area contributed by atoms with Crippen molar-refractivity contribution in [3.8, 4) is 11.5 Å². The summed E-state index contributed by atoms with van der Waals surface area (Å²) in [6.07, 6.45) is 1.97. The van der Waals surface area contributed by atoms with Crippen molar-refractivity contribution in [3.63, 3.8) is 0 Å². The first-order chi connectivity index (χ1) is 11.1. The normalized spacial score (nSPS) is 11.2. The van der Waals surface area contributed by atoms with E-state index < -0.39 is 0 Å². The zero-order valence-corrected chi connectivity index (χ0v) is 13.5. The Morgan fingerprint density at radius 1 is 1.04 bits per heavy atom. The molecule has 0 N–H and O–H groups in total. The van der Waals surface area contributed by atoms with E-state index >= 15 is 0 Å². The number of fused-ring (bicyclic) bond motifs is 1. The molecule has 0 fully saturated rings. The van der Waals surface area contributed by atoms with E-state index in [1.54, 1.807) is 13.2 Å². The molecule has 4 heteroatoms. The predicted octanol–water partition coefficient (Wildman–Crippen LogP) is 4.95. The van der Waals surface area contributed by atoms with Crippen LogP contribution in [0.15, 0.2) is 48.7 Å². The van der Waals surface area contributed by atoms with Gasteiger partial charge in [-0.25, -0.2) is 4.39 Å². The minimum Gasteiger partial charge on any atom is -0.493 e. The van der Waals surface area contributed by atoms with Crippen LogP contribution in [0.2, 0.25) is 0 Å². The maximum atomic E-state index is 14.3. The van der Waals surface area contributed by atoms with Crippen molar-refractivity contribution >= 4 is 10.9 Å². The summed E-state index contributed by atoms with van der Waals surface area (Å²) >= 11 is 0. The molecular formula is C19H20FNO2. The molecule has 0 unspecified atom stereocenters. The van der Waals surface area contributed by atoms with Gasteiger partial charge in [0.25, 0.3) is 0 Å². The smallest absolute Gasteiger partial charge is 0.161 e. The van der Waals surface area contributed by atoms with Crippen molar-refractivity contribution < 1.29 is 13.9 Å². The third kappa shape index (κ3) is 2.89. The van der Waals surface area contributed by atoms with Gasteiger partial charge in [-0.1, -0.05) is 18.2 Å². The Morgan fingerprint density at radius 3 is 2.48 bits per heavy atom. The summed E-state index contributed by atoms with van der Waals surface area (Å²) in [6, 6.07) is 12.9. The highest BCUT2D eigenvalue weighted by Crippen LogP contribution is 2.30. The van der Waals surface area contributed by atoms with Gasteiger partial charge in [0, 0.05) is 23.2 Å². The third-order valence-corrected chi connectivity index (χ3v) is 3.89. The molecule has 0 bridgehead atoms. The second-order valence-corrected chi connectivity index (χ2v) is 5.73. The number of halogens is 1. The maximum Gasteiger partial charge on any atom is 0.161 e. The topological polar surface area (TPSA) is 23.4 Å². The molecular weight excluding hydrogens is 293 g/mol. The summed E-state index contributed by atoms with van der Waals surface area (Å²) in [5.41, 5.74) is 1.72. The molecule has 0 aliphatic rings. The van der Waals surface area contributed by atoms with Crippen LogP contribution in [0.25, 0.3) is 10.9 Å². The highest BCUT2D eigenvalue weighted by atomic mass is 19.1. The second-order valence-electron chi connectivity index (χ2n) is 5.73. The molecule has 0 aliphatic carbocycles. The van der Waals surface area contributed by atoms with Gasteiger partial charge >= 0.3 is 0 Å². The van der Waals surface area contributed by atoms with Crippen molar-refractivity contribution in [2.24, 2.45) is 0 Å². The van der Waals surface area contributed by atoms with Crippen LogP contribution in [0.1, 0.15) is 25.5 Å². The summed E-state index contributed by atoms with van der Waals surface area (Å²) in [4.78, 5) is 0. The van der Waals surface area contributed by atoms with E-state index in [2.05, 4.69) is 18.4 Å². The summed E-state index contributed by atoms with van der Waals surface area (Å²) < 4.78 is 27.5. The number of methoxy groups -OCH3 is 1.